The molecule has 0 saturated carbocycles. The van der Waals surface area contributed by atoms with Crippen molar-refractivity contribution in [3.8, 4) is 5.75 Å². The van der Waals surface area contributed by atoms with Gasteiger partial charge in [-0.15, -0.1) is 0 Å². The zero-order valence-electron chi connectivity index (χ0n) is 8.24. The summed E-state index contributed by atoms with van der Waals surface area (Å²) in [5.74, 6) is 0.444. The number of carbonyl (C=O) groups excluding carboxylic acids is 2. The van der Waals surface area contributed by atoms with E-state index < -0.39 is 0 Å². The molecule has 0 amide bonds. The molecule has 0 aliphatic heterocycles. The predicted molar refractivity (Wildman–Crippen MR) is 53.1 cm³/mol. The van der Waals surface area contributed by atoms with Crippen molar-refractivity contribution >= 4 is 12.6 Å². The molecule has 14 heavy (non-hydrogen) atoms. The maximum absolute atomic E-state index is 10.8. The number of hydrogen-bond donors (Lipinski definition) is 0. The van der Waals surface area contributed by atoms with Crippen molar-refractivity contribution in [3.05, 3.63) is 28.8 Å². The topological polar surface area (TPSA) is 43.4 Å². The quantitative estimate of drug-likeness (QED) is 0.684. The maximum Gasteiger partial charge on any atom is 0.154 e. The molecule has 1 rings (SSSR count). The van der Waals surface area contributed by atoms with Crippen molar-refractivity contribution in [3.63, 3.8) is 0 Å². The second-order valence-corrected chi connectivity index (χ2v) is 2.84. The number of aryl methyl sites for hydroxylation is 1. The number of carbonyl (C=O) groups is 2. The average Bonchev–Trinajstić information content (AvgIpc) is 2.26. The fourth-order valence-corrected chi connectivity index (χ4v) is 1.41. The number of methoxy groups -OCH3 is 1. The third-order valence-corrected chi connectivity index (χ3v) is 2.17. The third-order valence-electron chi connectivity index (χ3n) is 2.17. The summed E-state index contributed by atoms with van der Waals surface area (Å²) in [6.07, 6.45) is 2.08. The lowest BCUT2D eigenvalue weighted by molar-refractivity contribution is 0.109. The highest BCUT2D eigenvalue weighted by molar-refractivity contribution is 5.94. The molecule has 3 heteroatoms. The summed E-state index contributed by atoms with van der Waals surface area (Å²) in [7, 11) is 1.47. The van der Waals surface area contributed by atoms with Crippen LogP contribution in [0.3, 0.4) is 0 Å². The first-order valence-electron chi connectivity index (χ1n) is 4.38. The molecule has 0 aliphatic rings. The minimum atomic E-state index is 0.335. The van der Waals surface area contributed by atoms with E-state index in [0.717, 1.165) is 12.0 Å². The summed E-state index contributed by atoms with van der Waals surface area (Å²) < 4.78 is 4.99. The van der Waals surface area contributed by atoms with Gasteiger partial charge in [0.15, 0.2) is 12.6 Å². The Hall–Kier alpha value is -1.64. The summed E-state index contributed by atoms with van der Waals surface area (Å²) in [6, 6.07) is 3.51. The van der Waals surface area contributed by atoms with Crippen molar-refractivity contribution < 1.29 is 14.3 Å². The molecule has 0 aromatic heterocycles. The number of benzene rings is 1. The van der Waals surface area contributed by atoms with Crippen LogP contribution in [0, 0.1) is 0 Å². The number of rotatable bonds is 4. The van der Waals surface area contributed by atoms with Crippen LogP contribution in [0.25, 0.3) is 0 Å². The molecule has 0 bridgehead atoms. The summed E-state index contributed by atoms with van der Waals surface area (Å²) in [5.41, 5.74) is 1.63. The van der Waals surface area contributed by atoms with Gasteiger partial charge in [-0.1, -0.05) is 13.0 Å². The minimum Gasteiger partial charge on any atom is -0.496 e. The van der Waals surface area contributed by atoms with Crippen molar-refractivity contribution in [2.75, 3.05) is 7.11 Å². The maximum atomic E-state index is 10.8. The van der Waals surface area contributed by atoms with Crippen molar-refractivity contribution in [1.29, 1.82) is 0 Å². The molecule has 3 nitrogen and oxygen atoms in total. The second kappa shape index (κ2) is 4.56. The highest BCUT2D eigenvalue weighted by Crippen LogP contribution is 2.22. The van der Waals surface area contributed by atoms with E-state index in [0.29, 0.717) is 29.4 Å². The molecule has 0 fully saturated rings. The monoisotopic (exact) mass is 192 g/mol. The standard InChI is InChI=1S/C11H12O3/c1-3-8-4-5-11(14-2)10(7-13)9(8)6-12/h4-7H,3H2,1-2H3. The molecule has 0 unspecified atom stereocenters. The lowest BCUT2D eigenvalue weighted by atomic mass is 10.00. The van der Waals surface area contributed by atoms with Crippen LogP contribution >= 0.6 is 0 Å². The van der Waals surface area contributed by atoms with E-state index in [2.05, 4.69) is 0 Å². The number of aldehydes is 2. The molecule has 0 N–H and O–H groups in total. The van der Waals surface area contributed by atoms with Crippen LogP contribution < -0.4 is 4.74 Å². The van der Waals surface area contributed by atoms with Gasteiger partial charge in [-0.25, -0.2) is 0 Å². The molecule has 0 saturated heterocycles. The Morgan fingerprint density at radius 3 is 2.29 bits per heavy atom. The fraction of sp³-hybridized carbons (Fsp3) is 0.273. The molecule has 0 radical (unpaired) electrons. The van der Waals surface area contributed by atoms with Crippen LogP contribution in [0.2, 0.25) is 0 Å². The Kier molecular flexibility index (Phi) is 3.40. The summed E-state index contributed by atoms with van der Waals surface area (Å²) in [4.78, 5) is 21.6. The van der Waals surface area contributed by atoms with Gasteiger partial charge >= 0.3 is 0 Å². The lowest BCUT2D eigenvalue weighted by Gasteiger charge is -2.08. The van der Waals surface area contributed by atoms with Gasteiger partial charge in [-0.3, -0.25) is 9.59 Å². The Bertz CT molecular complexity index is 321. The normalized spacial score (nSPS) is 9.57. The van der Waals surface area contributed by atoms with E-state index in [1.54, 1.807) is 12.1 Å². The molecule has 1 aromatic rings. The Labute approximate surface area is 82.7 Å². The summed E-state index contributed by atoms with van der Waals surface area (Å²) in [6.45, 7) is 1.93. The van der Waals surface area contributed by atoms with E-state index in [-0.39, 0.29) is 0 Å². The van der Waals surface area contributed by atoms with Crippen molar-refractivity contribution in [2.24, 2.45) is 0 Å². The SMILES string of the molecule is CCc1ccc(OC)c(C=O)c1C=O. The van der Waals surface area contributed by atoms with E-state index in [1.165, 1.54) is 7.11 Å². The van der Waals surface area contributed by atoms with Gasteiger partial charge in [0, 0.05) is 5.56 Å². The molecule has 1 aromatic carbocycles. The second-order valence-electron chi connectivity index (χ2n) is 2.84. The van der Waals surface area contributed by atoms with Crippen LogP contribution in [-0.2, 0) is 6.42 Å². The fourth-order valence-electron chi connectivity index (χ4n) is 1.41. The summed E-state index contributed by atoms with van der Waals surface area (Å²) in [5, 5.41) is 0. The van der Waals surface area contributed by atoms with Gasteiger partial charge in [0.2, 0.25) is 0 Å². The Morgan fingerprint density at radius 2 is 1.86 bits per heavy atom. The zero-order chi connectivity index (χ0) is 10.6. The number of ether oxygens (including phenoxy) is 1. The first kappa shape index (κ1) is 10.4. The molecular weight excluding hydrogens is 180 g/mol. The Balaban J connectivity index is 3.43. The molecule has 0 atom stereocenters. The largest absolute Gasteiger partial charge is 0.496 e. The van der Waals surface area contributed by atoms with Crippen LogP contribution in [0.4, 0.5) is 0 Å². The first-order chi connectivity index (χ1) is 6.78. The lowest BCUT2D eigenvalue weighted by Crippen LogP contribution is -2.00. The molecule has 74 valence electrons. The first-order valence-corrected chi connectivity index (χ1v) is 4.38. The van der Waals surface area contributed by atoms with Crippen LogP contribution in [0.15, 0.2) is 12.1 Å². The smallest absolute Gasteiger partial charge is 0.154 e. The zero-order valence-corrected chi connectivity index (χ0v) is 8.24. The van der Waals surface area contributed by atoms with Crippen LogP contribution in [-0.4, -0.2) is 19.7 Å². The van der Waals surface area contributed by atoms with Crippen molar-refractivity contribution in [2.45, 2.75) is 13.3 Å². The molecule has 0 aliphatic carbocycles. The average molecular weight is 192 g/mol. The molecule has 0 heterocycles. The van der Waals surface area contributed by atoms with Gasteiger partial charge < -0.3 is 4.74 Å². The van der Waals surface area contributed by atoms with Gasteiger partial charge in [0.25, 0.3) is 0 Å². The van der Waals surface area contributed by atoms with Crippen molar-refractivity contribution in [1.82, 2.24) is 0 Å². The minimum absolute atomic E-state index is 0.335. The molecular formula is C11H12O3. The van der Waals surface area contributed by atoms with E-state index >= 15 is 0 Å². The van der Waals surface area contributed by atoms with E-state index in [9.17, 15) is 9.59 Å². The number of hydrogen-bond acceptors (Lipinski definition) is 3. The molecule has 0 spiro atoms. The predicted octanol–water partition coefficient (Wildman–Crippen LogP) is 1.88. The van der Waals surface area contributed by atoms with E-state index in [4.69, 9.17) is 4.74 Å². The Morgan fingerprint density at radius 1 is 1.21 bits per heavy atom. The van der Waals surface area contributed by atoms with Gasteiger partial charge in [-0.2, -0.15) is 0 Å². The third kappa shape index (κ3) is 1.66. The van der Waals surface area contributed by atoms with Gasteiger partial charge in [-0.05, 0) is 18.1 Å². The van der Waals surface area contributed by atoms with Crippen LogP contribution in [0.1, 0.15) is 33.2 Å². The van der Waals surface area contributed by atoms with Gasteiger partial charge in [0.1, 0.15) is 5.75 Å². The summed E-state index contributed by atoms with van der Waals surface area (Å²) >= 11 is 0. The van der Waals surface area contributed by atoms with Gasteiger partial charge in [0.05, 0.1) is 12.7 Å². The highest BCUT2D eigenvalue weighted by Gasteiger charge is 2.11. The van der Waals surface area contributed by atoms with Crippen LogP contribution in [0.5, 0.6) is 5.75 Å². The highest BCUT2D eigenvalue weighted by atomic mass is 16.5. The van der Waals surface area contributed by atoms with E-state index in [1.807, 2.05) is 6.92 Å².